The molecule has 3 N–H and O–H groups in total. The van der Waals surface area contributed by atoms with E-state index in [9.17, 15) is 14.7 Å². The van der Waals surface area contributed by atoms with E-state index in [-0.39, 0.29) is 23.9 Å². The van der Waals surface area contributed by atoms with E-state index in [0.29, 0.717) is 22.8 Å². The van der Waals surface area contributed by atoms with E-state index < -0.39 is 5.97 Å². The molecule has 6 nitrogen and oxygen atoms in total. The zero-order valence-corrected chi connectivity index (χ0v) is 19.2. The van der Waals surface area contributed by atoms with Gasteiger partial charge in [-0.25, -0.2) is 9.78 Å². The highest BCUT2D eigenvalue weighted by Gasteiger charge is 2.25. The van der Waals surface area contributed by atoms with Crippen LogP contribution in [0.1, 0.15) is 61.1 Å². The van der Waals surface area contributed by atoms with Crippen molar-refractivity contribution in [1.29, 1.82) is 0 Å². The van der Waals surface area contributed by atoms with E-state index in [1.807, 2.05) is 34.2 Å². The Morgan fingerprint density at radius 3 is 2.68 bits per heavy atom. The van der Waals surface area contributed by atoms with E-state index in [1.165, 1.54) is 11.3 Å². The van der Waals surface area contributed by atoms with E-state index in [0.717, 1.165) is 35.5 Å². The Bertz CT molecular complexity index is 1090. The number of hydrogen-bond acceptors (Lipinski definition) is 4. The van der Waals surface area contributed by atoms with Crippen LogP contribution in [0.3, 0.4) is 0 Å². The first-order valence-electron chi connectivity index (χ1n) is 10.3. The Morgan fingerprint density at radius 2 is 2.03 bits per heavy atom. The minimum Gasteiger partial charge on any atom is -0.478 e. The highest BCUT2D eigenvalue weighted by molar-refractivity contribution is 7.13. The third-order valence-corrected chi connectivity index (χ3v) is 6.58. The molecule has 1 atom stereocenters. The monoisotopic (exact) mass is 459 g/mol. The number of primary amides is 1. The van der Waals surface area contributed by atoms with Crippen molar-refractivity contribution in [2.24, 2.45) is 5.73 Å². The molecule has 3 aromatic rings. The topological polar surface area (TPSA) is 98.2 Å². The predicted molar refractivity (Wildman–Crippen MR) is 125 cm³/mol. The van der Waals surface area contributed by atoms with Crippen LogP contribution >= 0.6 is 22.9 Å². The van der Waals surface area contributed by atoms with Gasteiger partial charge in [-0.2, -0.15) is 0 Å². The number of carbonyl (C=O) groups is 2. The number of halogens is 1. The molecule has 0 fully saturated rings. The Labute approximate surface area is 190 Å². The highest BCUT2D eigenvalue weighted by atomic mass is 35.5. The summed E-state index contributed by atoms with van der Waals surface area (Å²) >= 11 is 7.80. The van der Waals surface area contributed by atoms with Gasteiger partial charge in [0.15, 0.2) is 0 Å². The molecule has 31 heavy (non-hydrogen) atoms. The Morgan fingerprint density at radius 1 is 1.29 bits per heavy atom. The lowest BCUT2D eigenvalue weighted by molar-refractivity contribution is -0.118. The van der Waals surface area contributed by atoms with Crippen LogP contribution in [0.5, 0.6) is 0 Å². The molecule has 0 spiro atoms. The van der Waals surface area contributed by atoms with Crippen LogP contribution in [-0.4, -0.2) is 26.5 Å². The molecule has 0 aliphatic carbocycles. The normalized spacial score (nSPS) is 12.1. The number of amides is 1. The van der Waals surface area contributed by atoms with Gasteiger partial charge >= 0.3 is 5.97 Å². The van der Waals surface area contributed by atoms with Gasteiger partial charge in [0.25, 0.3) is 0 Å². The maximum Gasteiger partial charge on any atom is 0.337 e. The lowest BCUT2D eigenvalue weighted by Crippen LogP contribution is -2.17. The average molecular weight is 460 g/mol. The number of hydrogen-bond donors (Lipinski definition) is 2. The minimum absolute atomic E-state index is 0.0407. The Kier molecular flexibility index (Phi) is 7.51. The van der Waals surface area contributed by atoms with Gasteiger partial charge in [-0.1, -0.05) is 49.6 Å². The number of benzene rings is 1. The average Bonchev–Trinajstić information content (AvgIpc) is 3.33. The van der Waals surface area contributed by atoms with Crippen LogP contribution in [0.15, 0.2) is 35.7 Å². The summed E-state index contributed by atoms with van der Waals surface area (Å²) in [5.74, 6) is -1.34. The van der Waals surface area contributed by atoms with Gasteiger partial charge in [0.1, 0.15) is 5.01 Å². The first-order valence-corrected chi connectivity index (χ1v) is 11.5. The number of thiazole rings is 1. The molecule has 8 heteroatoms. The Hall–Kier alpha value is -2.64. The molecule has 0 aliphatic heterocycles. The Balaban J connectivity index is 2.09. The van der Waals surface area contributed by atoms with Crippen molar-refractivity contribution in [3.05, 3.63) is 52.0 Å². The summed E-state index contributed by atoms with van der Waals surface area (Å²) in [5, 5.41) is 13.0. The zero-order valence-electron chi connectivity index (χ0n) is 17.6. The van der Waals surface area contributed by atoms with Crippen LogP contribution in [-0.2, 0) is 4.79 Å². The van der Waals surface area contributed by atoms with Crippen molar-refractivity contribution in [3.8, 4) is 22.0 Å². The summed E-state index contributed by atoms with van der Waals surface area (Å²) in [6.07, 6.45) is 3.59. The standard InChI is InChI=1S/C23H26ClN3O3S/c1-3-4-7-15(10-11-21(25)28)27-14(2)17(23(29)30)12-20(27)19-13-31-22(26-19)16-8-5-6-9-18(16)24/h5-6,8-9,12-13,15H,3-4,7,10-11H2,1-2H3,(H2,25,28)(H,29,30). The van der Waals surface area contributed by atoms with Gasteiger partial charge in [0.2, 0.25) is 5.91 Å². The molecule has 1 unspecified atom stereocenters. The third-order valence-electron chi connectivity index (χ3n) is 5.37. The lowest BCUT2D eigenvalue weighted by atomic mass is 10.0. The fourth-order valence-electron chi connectivity index (χ4n) is 3.81. The minimum atomic E-state index is -0.983. The van der Waals surface area contributed by atoms with Crippen LogP contribution in [0.4, 0.5) is 0 Å². The van der Waals surface area contributed by atoms with Crippen molar-refractivity contribution in [3.63, 3.8) is 0 Å². The molecule has 1 amide bonds. The second-order valence-electron chi connectivity index (χ2n) is 7.52. The smallest absolute Gasteiger partial charge is 0.337 e. The van der Waals surface area contributed by atoms with Gasteiger partial charge in [0.05, 0.1) is 22.0 Å². The molecule has 1 aromatic carbocycles. The number of rotatable bonds is 10. The van der Waals surface area contributed by atoms with Crippen LogP contribution in [0.2, 0.25) is 5.02 Å². The van der Waals surface area contributed by atoms with Gasteiger partial charge < -0.3 is 15.4 Å². The van der Waals surface area contributed by atoms with Crippen LogP contribution in [0, 0.1) is 6.92 Å². The van der Waals surface area contributed by atoms with Gasteiger partial charge in [0, 0.05) is 29.1 Å². The van der Waals surface area contributed by atoms with Crippen molar-refractivity contribution in [2.45, 2.75) is 52.0 Å². The number of carboxylic acid groups (broad SMARTS) is 1. The summed E-state index contributed by atoms with van der Waals surface area (Å²) in [5.41, 5.74) is 8.56. The van der Waals surface area contributed by atoms with Crippen molar-refractivity contribution in [1.82, 2.24) is 9.55 Å². The van der Waals surface area contributed by atoms with Gasteiger partial charge in [-0.3, -0.25) is 4.79 Å². The summed E-state index contributed by atoms with van der Waals surface area (Å²) in [6, 6.07) is 9.13. The van der Waals surface area contributed by atoms with E-state index in [2.05, 4.69) is 6.92 Å². The van der Waals surface area contributed by atoms with Crippen molar-refractivity contribution < 1.29 is 14.7 Å². The number of aromatic carboxylic acids is 1. The second-order valence-corrected chi connectivity index (χ2v) is 8.79. The first-order chi connectivity index (χ1) is 14.8. The summed E-state index contributed by atoms with van der Waals surface area (Å²) in [6.45, 7) is 3.91. The number of carboxylic acids is 1. The van der Waals surface area contributed by atoms with Crippen molar-refractivity contribution >= 4 is 34.8 Å². The quantitative estimate of drug-likeness (QED) is 0.392. The molecular weight excluding hydrogens is 434 g/mol. The fraction of sp³-hybridized carbons (Fsp3) is 0.348. The number of nitrogens with two attached hydrogens (primary N) is 1. The van der Waals surface area contributed by atoms with E-state index in [1.54, 1.807) is 13.0 Å². The summed E-state index contributed by atoms with van der Waals surface area (Å²) in [7, 11) is 0. The molecule has 0 saturated heterocycles. The molecule has 0 radical (unpaired) electrons. The molecule has 0 saturated carbocycles. The van der Waals surface area contributed by atoms with Crippen molar-refractivity contribution in [2.75, 3.05) is 0 Å². The number of nitrogens with zero attached hydrogens (tertiary/aromatic N) is 2. The summed E-state index contributed by atoms with van der Waals surface area (Å²) < 4.78 is 2.02. The largest absolute Gasteiger partial charge is 0.478 e. The molecule has 2 heterocycles. The molecule has 164 valence electrons. The van der Waals surface area contributed by atoms with Gasteiger partial charge in [-0.05, 0) is 31.9 Å². The van der Waals surface area contributed by atoms with E-state index in [4.69, 9.17) is 22.3 Å². The highest BCUT2D eigenvalue weighted by Crippen LogP contribution is 2.37. The maximum absolute atomic E-state index is 11.9. The SMILES string of the molecule is CCCCC(CCC(N)=O)n1c(-c2csc(-c3ccccc3Cl)n2)cc(C(=O)O)c1C. The fourth-order valence-corrected chi connectivity index (χ4v) is 4.94. The molecule has 0 aliphatic rings. The number of unbranched alkanes of at least 4 members (excludes halogenated alkanes) is 1. The lowest BCUT2D eigenvalue weighted by Gasteiger charge is -2.23. The molecular formula is C23H26ClN3O3S. The summed E-state index contributed by atoms with van der Waals surface area (Å²) in [4.78, 5) is 28.1. The maximum atomic E-state index is 11.9. The molecule has 2 aromatic heterocycles. The number of aromatic nitrogens is 2. The number of carbonyl (C=O) groups excluding carboxylic acids is 1. The molecule has 3 rings (SSSR count). The first kappa shape index (κ1) is 23.0. The molecule has 0 bridgehead atoms. The van der Waals surface area contributed by atoms with Gasteiger partial charge in [-0.15, -0.1) is 11.3 Å². The predicted octanol–water partition coefficient (Wildman–Crippen LogP) is 5.94. The van der Waals surface area contributed by atoms with Crippen LogP contribution in [0.25, 0.3) is 22.0 Å². The van der Waals surface area contributed by atoms with Crippen LogP contribution < -0.4 is 5.73 Å². The zero-order chi connectivity index (χ0) is 22.5. The van der Waals surface area contributed by atoms with E-state index >= 15 is 0 Å². The third kappa shape index (κ3) is 5.17. The second kappa shape index (κ2) is 10.1.